The van der Waals surface area contributed by atoms with Gasteiger partial charge in [0.1, 0.15) is 5.82 Å². The summed E-state index contributed by atoms with van der Waals surface area (Å²) in [7, 11) is 0. The van der Waals surface area contributed by atoms with E-state index in [4.69, 9.17) is 0 Å². The smallest absolute Gasteiger partial charge is 0.178 e. The zero-order chi connectivity index (χ0) is 10.4. The van der Waals surface area contributed by atoms with Gasteiger partial charge in [-0.3, -0.25) is 4.99 Å². The van der Waals surface area contributed by atoms with Crippen molar-refractivity contribution in [2.75, 3.05) is 6.54 Å². The number of imidazole rings is 1. The monoisotopic (exact) mass is 267 g/mol. The summed E-state index contributed by atoms with van der Waals surface area (Å²) in [4.78, 5) is 8.47. The molecule has 0 bridgehead atoms. The molecule has 0 spiro atoms. The maximum absolute atomic E-state index is 13.3. The Bertz CT molecular complexity index is 574. The average Bonchev–Trinajstić information content (AvgIpc) is 2.39. The minimum Gasteiger partial charge on any atom is -0.316 e. The van der Waals surface area contributed by atoms with Gasteiger partial charge in [-0.05, 0) is 22.0 Å². The molecule has 1 aliphatic heterocycles. The quantitative estimate of drug-likeness (QED) is 0.721. The highest BCUT2D eigenvalue weighted by Gasteiger charge is 2.14. The molecule has 0 saturated heterocycles. The number of hydrogen-bond acceptors (Lipinski definition) is 2. The van der Waals surface area contributed by atoms with Crippen molar-refractivity contribution in [2.24, 2.45) is 4.99 Å². The van der Waals surface area contributed by atoms with Crippen LogP contribution < -0.4 is 0 Å². The fourth-order valence-electron chi connectivity index (χ4n) is 1.86. The Morgan fingerprint density at radius 1 is 1.40 bits per heavy atom. The molecule has 5 heteroatoms. The molecule has 0 aliphatic carbocycles. The Morgan fingerprint density at radius 3 is 3.13 bits per heavy atom. The number of aliphatic imine (C=N–C) groups is 1. The first-order chi connectivity index (χ1) is 7.25. The normalized spacial score (nSPS) is 14.5. The predicted molar refractivity (Wildman–Crippen MR) is 59.9 cm³/mol. The van der Waals surface area contributed by atoms with E-state index in [2.05, 4.69) is 25.9 Å². The van der Waals surface area contributed by atoms with E-state index in [1.807, 2.05) is 4.57 Å². The fraction of sp³-hybridized carbons (Fsp3) is 0.200. The molecule has 1 aromatic heterocycles. The molecular formula is C10H7BrFN3. The lowest BCUT2D eigenvalue weighted by Crippen LogP contribution is -2.00. The van der Waals surface area contributed by atoms with Crippen LogP contribution in [0.5, 0.6) is 0 Å². The van der Waals surface area contributed by atoms with Crippen LogP contribution in [-0.4, -0.2) is 22.3 Å². The van der Waals surface area contributed by atoms with Gasteiger partial charge in [0.05, 0.1) is 17.6 Å². The second kappa shape index (κ2) is 3.13. The largest absolute Gasteiger partial charge is 0.316 e. The van der Waals surface area contributed by atoms with Crippen LogP contribution in [0, 0.1) is 5.82 Å². The maximum Gasteiger partial charge on any atom is 0.178 e. The van der Waals surface area contributed by atoms with E-state index < -0.39 is 0 Å². The predicted octanol–water partition coefficient (Wildman–Crippen LogP) is 2.37. The average molecular weight is 268 g/mol. The van der Waals surface area contributed by atoms with Gasteiger partial charge in [-0.15, -0.1) is 0 Å². The molecule has 2 heterocycles. The van der Waals surface area contributed by atoms with Gasteiger partial charge in [-0.2, -0.15) is 0 Å². The Morgan fingerprint density at radius 2 is 2.27 bits per heavy atom. The van der Waals surface area contributed by atoms with Crippen molar-refractivity contribution >= 4 is 33.2 Å². The van der Waals surface area contributed by atoms with E-state index in [1.165, 1.54) is 12.1 Å². The van der Waals surface area contributed by atoms with Crippen LogP contribution in [0.3, 0.4) is 0 Å². The molecule has 0 saturated carbocycles. The molecule has 0 atom stereocenters. The van der Waals surface area contributed by atoms with Gasteiger partial charge in [-0.1, -0.05) is 0 Å². The molecule has 1 aromatic carbocycles. The third-order valence-electron chi connectivity index (χ3n) is 2.47. The second-order valence-electron chi connectivity index (χ2n) is 3.43. The Labute approximate surface area is 93.8 Å². The van der Waals surface area contributed by atoms with Crippen molar-refractivity contribution in [3.63, 3.8) is 0 Å². The number of hydrogen-bond donors (Lipinski definition) is 0. The third-order valence-corrected chi connectivity index (χ3v) is 3.08. The Hall–Kier alpha value is -1.23. The van der Waals surface area contributed by atoms with Crippen LogP contribution in [-0.2, 0) is 6.54 Å². The van der Waals surface area contributed by atoms with Gasteiger partial charge in [0, 0.05) is 24.4 Å². The van der Waals surface area contributed by atoms with Gasteiger partial charge in [0.15, 0.2) is 4.73 Å². The Balaban J connectivity index is 2.49. The number of benzene rings is 1. The minimum absolute atomic E-state index is 0.275. The van der Waals surface area contributed by atoms with Crippen LogP contribution in [0.1, 0.15) is 5.56 Å². The molecule has 0 N–H and O–H groups in total. The molecule has 1 aliphatic rings. The first-order valence-electron chi connectivity index (χ1n) is 4.61. The number of nitrogens with zero attached hydrogens (tertiary/aromatic N) is 3. The van der Waals surface area contributed by atoms with E-state index in [0.717, 1.165) is 22.4 Å². The lowest BCUT2D eigenvalue weighted by atomic mass is 10.2. The summed E-state index contributed by atoms with van der Waals surface area (Å²) in [5.74, 6) is -0.275. The summed E-state index contributed by atoms with van der Waals surface area (Å²) in [6.45, 7) is 1.46. The standard InChI is InChI=1S/C10H7BrFN3/c11-10-14-8-4-7(12)3-6-5-13-1-2-15(10)9(6)8/h3-5H,1-2H2. The molecule has 0 radical (unpaired) electrons. The van der Waals surface area contributed by atoms with Crippen LogP contribution in [0.15, 0.2) is 21.9 Å². The van der Waals surface area contributed by atoms with Crippen molar-refractivity contribution in [1.82, 2.24) is 9.55 Å². The summed E-state index contributed by atoms with van der Waals surface area (Å²) < 4.78 is 16.0. The van der Waals surface area contributed by atoms with Crippen molar-refractivity contribution in [3.05, 3.63) is 28.2 Å². The maximum atomic E-state index is 13.3. The highest BCUT2D eigenvalue weighted by Crippen LogP contribution is 2.25. The zero-order valence-electron chi connectivity index (χ0n) is 7.74. The van der Waals surface area contributed by atoms with Crippen molar-refractivity contribution in [3.8, 4) is 0 Å². The third kappa shape index (κ3) is 1.30. The van der Waals surface area contributed by atoms with Crippen LogP contribution in [0.25, 0.3) is 11.0 Å². The SMILES string of the molecule is Fc1cc2c3c(c1)nc(Br)n3CCN=C2. The van der Waals surface area contributed by atoms with Crippen LogP contribution in [0.4, 0.5) is 4.39 Å². The molecule has 15 heavy (non-hydrogen) atoms. The topological polar surface area (TPSA) is 30.2 Å². The summed E-state index contributed by atoms with van der Waals surface area (Å²) in [5, 5.41) is 0. The van der Waals surface area contributed by atoms with Gasteiger partial charge < -0.3 is 4.57 Å². The number of rotatable bonds is 0. The lowest BCUT2D eigenvalue weighted by molar-refractivity contribution is 0.629. The number of halogens is 2. The summed E-state index contributed by atoms with van der Waals surface area (Å²) in [6, 6.07) is 2.93. The molecule has 0 fully saturated rings. The fourth-order valence-corrected chi connectivity index (χ4v) is 2.41. The van der Waals surface area contributed by atoms with E-state index in [1.54, 1.807) is 6.21 Å². The summed E-state index contributed by atoms with van der Waals surface area (Å²) >= 11 is 3.37. The highest BCUT2D eigenvalue weighted by molar-refractivity contribution is 9.10. The van der Waals surface area contributed by atoms with Crippen molar-refractivity contribution < 1.29 is 4.39 Å². The zero-order valence-corrected chi connectivity index (χ0v) is 9.33. The summed E-state index contributed by atoms with van der Waals surface area (Å²) in [6.07, 6.45) is 1.71. The Kier molecular flexibility index (Phi) is 1.88. The molecule has 3 nitrogen and oxygen atoms in total. The number of aromatic nitrogens is 2. The van der Waals surface area contributed by atoms with E-state index in [0.29, 0.717) is 12.1 Å². The highest BCUT2D eigenvalue weighted by atomic mass is 79.9. The second-order valence-corrected chi connectivity index (χ2v) is 4.14. The minimum atomic E-state index is -0.275. The molecule has 3 rings (SSSR count). The van der Waals surface area contributed by atoms with E-state index in [9.17, 15) is 4.39 Å². The van der Waals surface area contributed by atoms with Crippen molar-refractivity contribution in [1.29, 1.82) is 0 Å². The van der Waals surface area contributed by atoms with Crippen LogP contribution in [0.2, 0.25) is 0 Å². The van der Waals surface area contributed by atoms with Gasteiger partial charge in [0.2, 0.25) is 0 Å². The van der Waals surface area contributed by atoms with Crippen LogP contribution >= 0.6 is 15.9 Å². The molecular weight excluding hydrogens is 261 g/mol. The van der Waals surface area contributed by atoms with Gasteiger partial charge in [0.25, 0.3) is 0 Å². The first kappa shape index (κ1) is 9.03. The molecule has 0 amide bonds. The van der Waals surface area contributed by atoms with E-state index in [-0.39, 0.29) is 5.82 Å². The van der Waals surface area contributed by atoms with Crippen molar-refractivity contribution in [2.45, 2.75) is 6.54 Å². The summed E-state index contributed by atoms with van der Waals surface area (Å²) in [5.41, 5.74) is 2.41. The molecule has 0 unspecified atom stereocenters. The molecule has 76 valence electrons. The van der Waals surface area contributed by atoms with E-state index >= 15 is 0 Å². The lowest BCUT2D eigenvalue weighted by Gasteiger charge is -2.02. The van der Waals surface area contributed by atoms with Gasteiger partial charge >= 0.3 is 0 Å². The van der Waals surface area contributed by atoms with Gasteiger partial charge in [-0.25, -0.2) is 9.37 Å². The first-order valence-corrected chi connectivity index (χ1v) is 5.40. The molecule has 2 aromatic rings.